The number of halogens is 2. The van der Waals surface area contributed by atoms with E-state index in [1.54, 1.807) is 12.4 Å². The molecule has 17 heavy (non-hydrogen) atoms. The van der Waals surface area contributed by atoms with Crippen LogP contribution in [0.2, 0.25) is 4.34 Å². The van der Waals surface area contributed by atoms with Crippen LogP contribution in [-0.4, -0.2) is 31.5 Å². The normalized spacial score (nSPS) is 11.1. The molecule has 0 bridgehead atoms. The largest absolute Gasteiger partial charge is 0.293 e. The molecule has 0 saturated heterocycles. The summed E-state index contributed by atoms with van der Waals surface area (Å²) in [6, 6.07) is 0. The van der Waals surface area contributed by atoms with Crippen molar-refractivity contribution in [3.63, 3.8) is 0 Å². The number of hydrogen-bond acceptors (Lipinski definition) is 6. The Labute approximate surface area is 116 Å². The molecule has 2 heterocycles. The highest BCUT2D eigenvalue weighted by Crippen LogP contribution is 2.18. The zero-order chi connectivity index (χ0) is 12.3. The molecule has 0 saturated carbocycles. The number of nitrogens with zero attached hydrogens (tertiary/aromatic N) is 5. The van der Waals surface area contributed by atoms with Crippen LogP contribution in [0.25, 0.3) is 0 Å². The molecule has 0 amide bonds. The lowest BCUT2D eigenvalue weighted by atomic mass is 10.4. The van der Waals surface area contributed by atoms with Crippen molar-refractivity contribution in [3.05, 3.63) is 32.7 Å². The molecule has 0 spiro atoms. The summed E-state index contributed by atoms with van der Waals surface area (Å²) in [5.41, 5.74) is 0.788. The van der Waals surface area contributed by atoms with Crippen molar-refractivity contribution in [1.82, 2.24) is 24.5 Å². The molecule has 2 aromatic heterocycles. The van der Waals surface area contributed by atoms with Crippen LogP contribution in [0, 0.1) is 0 Å². The molecular weight excluding hydrogens is 326 g/mol. The van der Waals surface area contributed by atoms with E-state index in [1.807, 2.05) is 11.9 Å². The zero-order valence-corrected chi connectivity index (χ0v) is 12.1. The summed E-state index contributed by atoms with van der Waals surface area (Å²) in [5, 5.41) is 3.96. The first-order chi connectivity index (χ1) is 8.15. The van der Waals surface area contributed by atoms with Crippen molar-refractivity contribution < 1.29 is 0 Å². The molecule has 5 nitrogen and oxygen atoms in total. The second-order valence-electron chi connectivity index (χ2n) is 3.48. The van der Waals surface area contributed by atoms with Crippen LogP contribution in [0.1, 0.15) is 11.5 Å². The van der Waals surface area contributed by atoms with Crippen molar-refractivity contribution in [2.24, 2.45) is 0 Å². The standard InChI is InChI=1S/C9H9BrClN5S/c1-16(4-7-9(11)17-15-14-7)5-8-12-2-6(10)3-13-8/h2-3H,4-5H2,1H3. The molecule has 0 N–H and O–H groups in total. The van der Waals surface area contributed by atoms with E-state index in [0.717, 1.165) is 16.0 Å². The maximum absolute atomic E-state index is 5.94. The van der Waals surface area contributed by atoms with Gasteiger partial charge in [-0.3, -0.25) is 4.90 Å². The Bertz CT molecular complexity index is 488. The smallest absolute Gasteiger partial charge is 0.142 e. The molecule has 0 unspecified atom stereocenters. The van der Waals surface area contributed by atoms with E-state index in [2.05, 4.69) is 35.5 Å². The predicted molar refractivity (Wildman–Crippen MR) is 69.8 cm³/mol. The molecular formula is C9H9BrClN5S. The topological polar surface area (TPSA) is 54.8 Å². The molecule has 2 aromatic rings. The summed E-state index contributed by atoms with van der Waals surface area (Å²) in [6.07, 6.45) is 3.46. The van der Waals surface area contributed by atoms with E-state index in [9.17, 15) is 0 Å². The van der Waals surface area contributed by atoms with Crippen LogP contribution >= 0.6 is 39.1 Å². The number of hydrogen-bond donors (Lipinski definition) is 0. The second kappa shape index (κ2) is 5.81. The fourth-order valence-electron chi connectivity index (χ4n) is 1.26. The molecule has 0 aromatic carbocycles. The highest BCUT2D eigenvalue weighted by molar-refractivity contribution is 9.10. The van der Waals surface area contributed by atoms with Gasteiger partial charge < -0.3 is 0 Å². The average Bonchev–Trinajstić information content (AvgIpc) is 2.68. The Morgan fingerprint density at radius 1 is 1.35 bits per heavy atom. The summed E-state index contributed by atoms with van der Waals surface area (Å²) in [4.78, 5) is 10.4. The highest BCUT2D eigenvalue weighted by Gasteiger charge is 2.09. The lowest BCUT2D eigenvalue weighted by Crippen LogP contribution is -2.19. The molecule has 0 radical (unpaired) electrons. The average molecular weight is 335 g/mol. The lowest BCUT2D eigenvalue weighted by Gasteiger charge is -2.13. The monoisotopic (exact) mass is 333 g/mol. The first-order valence-corrected chi connectivity index (χ1v) is 6.71. The van der Waals surface area contributed by atoms with E-state index in [1.165, 1.54) is 11.5 Å². The number of rotatable bonds is 4. The number of aromatic nitrogens is 4. The third kappa shape index (κ3) is 3.67. The van der Waals surface area contributed by atoms with Crippen molar-refractivity contribution in [2.75, 3.05) is 7.05 Å². The minimum atomic E-state index is 0.633. The summed E-state index contributed by atoms with van der Waals surface area (Å²) < 4.78 is 5.29. The molecule has 2 rings (SSSR count). The minimum Gasteiger partial charge on any atom is -0.293 e. The zero-order valence-electron chi connectivity index (χ0n) is 8.97. The van der Waals surface area contributed by atoms with Gasteiger partial charge in [0.15, 0.2) is 0 Å². The molecule has 8 heteroatoms. The highest BCUT2D eigenvalue weighted by atomic mass is 79.9. The van der Waals surface area contributed by atoms with Gasteiger partial charge in [0.2, 0.25) is 0 Å². The van der Waals surface area contributed by atoms with Crippen molar-refractivity contribution in [1.29, 1.82) is 0 Å². The molecule has 0 fully saturated rings. The Morgan fingerprint density at radius 2 is 2.06 bits per heavy atom. The lowest BCUT2D eigenvalue weighted by molar-refractivity contribution is 0.306. The van der Waals surface area contributed by atoms with Gasteiger partial charge in [-0.2, -0.15) is 0 Å². The van der Waals surface area contributed by atoms with Crippen LogP contribution in [0.15, 0.2) is 16.9 Å². The maximum Gasteiger partial charge on any atom is 0.142 e. The van der Waals surface area contributed by atoms with Gasteiger partial charge >= 0.3 is 0 Å². The molecule has 0 aliphatic rings. The third-order valence-electron chi connectivity index (χ3n) is 2.01. The Balaban J connectivity index is 1.95. The summed E-state index contributed by atoms with van der Waals surface area (Å²) in [5.74, 6) is 0.759. The first kappa shape index (κ1) is 12.8. The van der Waals surface area contributed by atoms with E-state index in [0.29, 0.717) is 17.4 Å². The fourth-order valence-corrected chi connectivity index (χ4v) is 2.08. The van der Waals surface area contributed by atoms with Gasteiger partial charge in [0.1, 0.15) is 15.9 Å². The summed E-state index contributed by atoms with van der Waals surface area (Å²) in [6.45, 7) is 1.27. The van der Waals surface area contributed by atoms with E-state index in [4.69, 9.17) is 11.6 Å². The second-order valence-corrected chi connectivity index (χ2v) is 5.76. The van der Waals surface area contributed by atoms with Crippen LogP contribution in [0.4, 0.5) is 0 Å². The van der Waals surface area contributed by atoms with Gasteiger partial charge in [0, 0.05) is 30.5 Å². The summed E-state index contributed by atoms with van der Waals surface area (Å²) >= 11 is 10.4. The summed E-state index contributed by atoms with van der Waals surface area (Å²) in [7, 11) is 1.96. The van der Waals surface area contributed by atoms with Crippen LogP contribution in [-0.2, 0) is 13.1 Å². The van der Waals surface area contributed by atoms with Gasteiger partial charge in [0.25, 0.3) is 0 Å². The van der Waals surface area contributed by atoms with Crippen molar-refractivity contribution >= 4 is 39.1 Å². The fraction of sp³-hybridized carbons (Fsp3) is 0.333. The Kier molecular flexibility index (Phi) is 4.38. The van der Waals surface area contributed by atoms with Gasteiger partial charge in [-0.15, -0.1) is 5.10 Å². The van der Waals surface area contributed by atoms with Gasteiger partial charge in [0.05, 0.1) is 11.0 Å². The molecule has 0 aliphatic carbocycles. The maximum atomic E-state index is 5.94. The first-order valence-electron chi connectivity index (χ1n) is 4.77. The van der Waals surface area contributed by atoms with Crippen LogP contribution < -0.4 is 0 Å². The third-order valence-corrected chi connectivity index (χ3v) is 3.41. The van der Waals surface area contributed by atoms with Gasteiger partial charge in [-0.25, -0.2) is 9.97 Å². The molecule has 90 valence electrons. The van der Waals surface area contributed by atoms with E-state index >= 15 is 0 Å². The van der Waals surface area contributed by atoms with Crippen LogP contribution in [0.5, 0.6) is 0 Å². The van der Waals surface area contributed by atoms with Crippen LogP contribution in [0.3, 0.4) is 0 Å². The van der Waals surface area contributed by atoms with E-state index in [-0.39, 0.29) is 0 Å². The quantitative estimate of drug-likeness (QED) is 0.859. The predicted octanol–water partition coefficient (Wildman–Crippen LogP) is 2.38. The SMILES string of the molecule is CN(Cc1ncc(Br)cn1)Cc1nnsc1Cl. The van der Waals surface area contributed by atoms with Gasteiger partial charge in [-0.1, -0.05) is 16.1 Å². The Morgan fingerprint density at radius 3 is 2.65 bits per heavy atom. The molecule has 0 atom stereocenters. The van der Waals surface area contributed by atoms with Gasteiger partial charge in [-0.05, 0) is 23.0 Å². The van der Waals surface area contributed by atoms with E-state index < -0.39 is 0 Å². The molecule has 0 aliphatic heterocycles. The van der Waals surface area contributed by atoms with Crippen molar-refractivity contribution in [3.8, 4) is 0 Å². The minimum absolute atomic E-state index is 0.633. The van der Waals surface area contributed by atoms with Crippen molar-refractivity contribution in [2.45, 2.75) is 13.1 Å². The Hall–Kier alpha value is -0.630.